The summed E-state index contributed by atoms with van der Waals surface area (Å²) in [5.41, 5.74) is 1.39. The van der Waals surface area contributed by atoms with Crippen molar-refractivity contribution in [3.8, 4) is 5.75 Å². The van der Waals surface area contributed by atoms with Crippen molar-refractivity contribution in [2.75, 3.05) is 52.3 Å². The first-order valence-electron chi connectivity index (χ1n) is 7.46. The first-order valence-corrected chi connectivity index (χ1v) is 8.00. The Morgan fingerprint density at radius 2 is 1.80 bits per heavy atom. The fraction of sp³-hybridized carbons (Fsp3) is 0.625. The van der Waals surface area contributed by atoms with Crippen LogP contribution in [0.25, 0.3) is 0 Å². The normalized spacial score (nSPS) is 17.3. The van der Waals surface area contributed by atoms with Crippen molar-refractivity contribution >= 4 is 11.6 Å². The second kappa shape index (κ2) is 8.50. The summed E-state index contributed by atoms with van der Waals surface area (Å²) >= 11 is 5.60. The van der Waals surface area contributed by atoms with E-state index in [-0.39, 0.29) is 0 Å². The van der Waals surface area contributed by atoms with Crippen LogP contribution in [0.2, 0.25) is 0 Å². The fourth-order valence-corrected chi connectivity index (χ4v) is 2.56. The molecule has 2 rings (SSSR count). The second-order valence-electron chi connectivity index (χ2n) is 5.43. The van der Waals surface area contributed by atoms with Gasteiger partial charge in [0.15, 0.2) is 0 Å². The van der Waals surface area contributed by atoms with Crippen molar-refractivity contribution in [1.82, 2.24) is 9.80 Å². The molecule has 1 aromatic rings. The van der Waals surface area contributed by atoms with Crippen LogP contribution in [-0.2, 0) is 6.42 Å². The van der Waals surface area contributed by atoms with Gasteiger partial charge < -0.3 is 14.5 Å². The van der Waals surface area contributed by atoms with Gasteiger partial charge >= 0.3 is 0 Å². The maximum Gasteiger partial charge on any atom is 0.119 e. The van der Waals surface area contributed by atoms with Gasteiger partial charge in [-0.2, -0.15) is 0 Å². The molecule has 1 fully saturated rings. The monoisotopic (exact) mass is 296 g/mol. The molecule has 0 saturated carbocycles. The molecule has 0 N–H and O–H groups in total. The smallest absolute Gasteiger partial charge is 0.119 e. The number of hydrogen-bond acceptors (Lipinski definition) is 3. The van der Waals surface area contributed by atoms with E-state index in [0.29, 0.717) is 12.5 Å². The van der Waals surface area contributed by atoms with E-state index in [1.807, 2.05) is 12.1 Å². The third-order valence-electron chi connectivity index (χ3n) is 3.80. The predicted molar refractivity (Wildman–Crippen MR) is 84.9 cm³/mol. The Bertz CT molecular complexity index is 375. The first-order chi connectivity index (χ1) is 9.78. The molecule has 0 unspecified atom stereocenters. The van der Waals surface area contributed by atoms with Crippen LogP contribution in [0.1, 0.15) is 12.0 Å². The van der Waals surface area contributed by atoms with Gasteiger partial charge in [0.05, 0.1) is 5.88 Å². The minimum Gasteiger partial charge on any atom is -0.492 e. The molecule has 1 aromatic carbocycles. The molecule has 1 aliphatic heterocycles. The van der Waals surface area contributed by atoms with Crippen LogP contribution < -0.4 is 4.74 Å². The fourth-order valence-electron chi connectivity index (χ4n) is 2.49. The minimum absolute atomic E-state index is 0.534. The maximum absolute atomic E-state index is 5.60. The molecule has 112 valence electrons. The summed E-state index contributed by atoms with van der Waals surface area (Å²) in [6.45, 7) is 6.60. The molecule has 1 aliphatic rings. The van der Waals surface area contributed by atoms with E-state index >= 15 is 0 Å². The van der Waals surface area contributed by atoms with Crippen molar-refractivity contribution in [3.05, 3.63) is 29.8 Å². The van der Waals surface area contributed by atoms with E-state index in [1.54, 1.807) is 0 Å². The topological polar surface area (TPSA) is 15.7 Å². The lowest BCUT2D eigenvalue weighted by molar-refractivity contribution is 0.153. The van der Waals surface area contributed by atoms with Gasteiger partial charge in [0, 0.05) is 26.2 Å². The summed E-state index contributed by atoms with van der Waals surface area (Å²) in [5.74, 6) is 1.45. The number of likely N-dealkylation sites (N-methyl/N-ethyl adjacent to an activating group) is 1. The van der Waals surface area contributed by atoms with Gasteiger partial charge in [-0.05, 0) is 44.1 Å². The summed E-state index contributed by atoms with van der Waals surface area (Å²) in [4.78, 5) is 4.97. The molecule has 0 radical (unpaired) electrons. The highest BCUT2D eigenvalue weighted by atomic mass is 35.5. The highest BCUT2D eigenvalue weighted by Crippen LogP contribution is 2.14. The molecule has 0 aliphatic carbocycles. The highest BCUT2D eigenvalue weighted by Gasteiger charge is 2.12. The maximum atomic E-state index is 5.60. The quantitative estimate of drug-likeness (QED) is 0.719. The Balaban J connectivity index is 1.66. The van der Waals surface area contributed by atoms with Crippen LogP contribution in [0.3, 0.4) is 0 Å². The molecule has 3 nitrogen and oxygen atoms in total. The lowest BCUT2D eigenvalue weighted by Crippen LogP contribution is -2.44. The third-order valence-corrected chi connectivity index (χ3v) is 3.96. The Morgan fingerprint density at radius 3 is 2.45 bits per heavy atom. The second-order valence-corrected chi connectivity index (χ2v) is 5.81. The zero-order valence-corrected chi connectivity index (χ0v) is 13.1. The number of hydrogen-bond donors (Lipinski definition) is 0. The van der Waals surface area contributed by atoms with Crippen molar-refractivity contribution in [1.29, 1.82) is 0 Å². The van der Waals surface area contributed by atoms with E-state index in [0.717, 1.165) is 12.2 Å². The predicted octanol–water partition coefficient (Wildman–Crippen LogP) is 2.48. The van der Waals surface area contributed by atoms with Crippen molar-refractivity contribution in [3.63, 3.8) is 0 Å². The average Bonchev–Trinajstić information content (AvgIpc) is 2.48. The summed E-state index contributed by atoms with van der Waals surface area (Å²) in [7, 11) is 2.20. The molecule has 1 saturated heterocycles. The number of ether oxygens (including phenoxy) is 1. The average molecular weight is 297 g/mol. The summed E-state index contributed by atoms with van der Waals surface area (Å²) in [5, 5.41) is 0. The summed E-state index contributed by atoms with van der Waals surface area (Å²) in [6, 6.07) is 8.40. The number of alkyl halides is 1. The van der Waals surface area contributed by atoms with E-state index in [1.165, 1.54) is 44.7 Å². The number of rotatable bonds is 7. The largest absolute Gasteiger partial charge is 0.492 e. The Labute approximate surface area is 127 Å². The molecule has 0 atom stereocenters. The summed E-state index contributed by atoms with van der Waals surface area (Å²) in [6.07, 6.45) is 2.37. The van der Waals surface area contributed by atoms with Crippen molar-refractivity contribution < 1.29 is 4.74 Å². The molecule has 4 heteroatoms. The minimum atomic E-state index is 0.534. The van der Waals surface area contributed by atoms with Gasteiger partial charge in [-0.15, -0.1) is 11.6 Å². The standard InChI is InChI=1S/C16H25ClN2O/c1-18-10-12-19(13-11-18)9-2-3-15-4-6-16(7-5-15)20-14-8-17/h4-7H,2-3,8-14H2,1H3. The van der Waals surface area contributed by atoms with E-state index in [9.17, 15) is 0 Å². The molecule has 0 bridgehead atoms. The van der Waals surface area contributed by atoms with Crippen LogP contribution in [0.15, 0.2) is 24.3 Å². The van der Waals surface area contributed by atoms with Crippen LogP contribution in [0.5, 0.6) is 5.75 Å². The van der Waals surface area contributed by atoms with Crippen molar-refractivity contribution in [2.45, 2.75) is 12.8 Å². The Kier molecular flexibility index (Phi) is 6.64. The molecule has 0 spiro atoms. The zero-order valence-electron chi connectivity index (χ0n) is 12.4. The van der Waals surface area contributed by atoms with Gasteiger partial charge in [0.1, 0.15) is 12.4 Å². The first kappa shape index (κ1) is 15.6. The zero-order chi connectivity index (χ0) is 14.2. The van der Waals surface area contributed by atoms with Crippen LogP contribution in [0.4, 0.5) is 0 Å². The van der Waals surface area contributed by atoms with E-state index in [2.05, 4.69) is 29.0 Å². The molecule has 1 heterocycles. The molecule has 20 heavy (non-hydrogen) atoms. The lowest BCUT2D eigenvalue weighted by Gasteiger charge is -2.32. The SMILES string of the molecule is CN1CCN(CCCc2ccc(OCCCl)cc2)CC1. The van der Waals surface area contributed by atoms with Gasteiger partial charge in [0.2, 0.25) is 0 Å². The van der Waals surface area contributed by atoms with Gasteiger partial charge in [-0.3, -0.25) is 0 Å². The number of halogens is 1. The number of piperazine rings is 1. The lowest BCUT2D eigenvalue weighted by atomic mass is 10.1. The van der Waals surface area contributed by atoms with E-state index in [4.69, 9.17) is 16.3 Å². The number of nitrogens with zero attached hydrogens (tertiary/aromatic N) is 2. The van der Waals surface area contributed by atoms with Gasteiger partial charge in [-0.25, -0.2) is 0 Å². The van der Waals surface area contributed by atoms with Crippen molar-refractivity contribution in [2.24, 2.45) is 0 Å². The van der Waals surface area contributed by atoms with Crippen LogP contribution in [0, 0.1) is 0 Å². The number of aryl methyl sites for hydroxylation is 1. The van der Waals surface area contributed by atoms with Crippen LogP contribution in [-0.4, -0.2) is 62.1 Å². The Morgan fingerprint density at radius 1 is 1.10 bits per heavy atom. The van der Waals surface area contributed by atoms with E-state index < -0.39 is 0 Å². The number of benzene rings is 1. The van der Waals surface area contributed by atoms with Gasteiger partial charge in [-0.1, -0.05) is 12.1 Å². The third kappa shape index (κ3) is 5.31. The molecule has 0 amide bonds. The summed E-state index contributed by atoms with van der Waals surface area (Å²) < 4.78 is 5.48. The van der Waals surface area contributed by atoms with Gasteiger partial charge in [0.25, 0.3) is 0 Å². The molecular weight excluding hydrogens is 272 g/mol. The Hall–Kier alpha value is -0.770. The molecule has 0 aromatic heterocycles. The van der Waals surface area contributed by atoms with Crippen LogP contribution >= 0.6 is 11.6 Å². The molecular formula is C16H25ClN2O. The highest BCUT2D eigenvalue weighted by molar-refractivity contribution is 6.17.